The lowest BCUT2D eigenvalue weighted by Gasteiger charge is -2.23. The van der Waals surface area contributed by atoms with Gasteiger partial charge in [0.1, 0.15) is 5.76 Å². The van der Waals surface area contributed by atoms with Crippen molar-refractivity contribution in [2.24, 2.45) is 12.0 Å². The Bertz CT molecular complexity index is 640. The number of hydrogen-bond acceptors (Lipinski definition) is 2. The SMILES string of the molecule is C=C(C)CN=C(NCCc1ccco1)N(C)Cc1cccn1C. The van der Waals surface area contributed by atoms with Crippen LogP contribution in [0.3, 0.4) is 0 Å². The van der Waals surface area contributed by atoms with Crippen LogP contribution < -0.4 is 5.32 Å². The smallest absolute Gasteiger partial charge is 0.194 e. The Morgan fingerprint density at radius 3 is 2.83 bits per heavy atom. The van der Waals surface area contributed by atoms with Gasteiger partial charge in [0.2, 0.25) is 0 Å². The molecule has 0 unspecified atom stereocenters. The molecule has 0 radical (unpaired) electrons. The zero-order valence-corrected chi connectivity index (χ0v) is 14.2. The van der Waals surface area contributed by atoms with Crippen LogP contribution in [0, 0.1) is 0 Å². The molecular weight excluding hydrogens is 288 g/mol. The zero-order chi connectivity index (χ0) is 16.7. The summed E-state index contributed by atoms with van der Waals surface area (Å²) in [6.07, 6.45) is 4.59. The summed E-state index contributed by atoms with van der Waals surface area (Å²) in [5, 5.41) is 3.41. The van der Waals surface area contributed by atoms with Gasteiger partial charge in [0.15, 0.2) is 5.96 Å². The van der Waals surface area contributed by atoms with Crippen molar-refractivity contribution in [1.82, 2.24) is 14.8 Å². The summed E-state index contributed by atoms with van der Waals surface area (Å²) in [5.41, 5.74) is 2.28. The summed E-state index contributed by atoms with van der Waals surface area (Å²) in [6, 6.07) is 8.07. The van der Waals surface area contributed by atoms with Gasteiger partial charge in [0.05, 0.1) is 19.4 Å². The van der Waals surface area contributed by atoms with Gasteiger partial charge in [-0.2, -0.15) is 0 Å². The van der Waals surface area contributed by atoms with E-state index in [0.29, 0.717) is 6.54 Å². The van der Waals surface area contributed by atoms with E-state index in [2.05, 4.69) is 51.7 Å². The lowest BCUT2D eigenvalue weighted by molar-refractivity contribution is 0.456. The lowest BCUT2D eigenvalue weighted by Crippen LogP contribution is -2.40. The second-order valence-electron chi connectivity index (χ2n) is 5.82. The highest BCUT2D eigenvalue weighted by Gasteiger charge is 2.09. The summed E-state index contributed by atoms with van der Waals surface area (Å²) < 4.78 is 7.48. The van der Waals surface area contributed by atoms with Crippen molar-refractivity contribution in [2.45, 2.75) is 19.9 Å². The van der Waals surface area contributed by atoms with Crippen LogP contribution in [-0.2, 0) is 20.0 Å². The van der Waals surface area contributed by atoms with E-state index in [1.807, 2.05) is 26.1 Å². The number of aromatic nitrogens is 1. The Morgan fingerprint density at radius 2 is 2.22 bits per heavy atom. The minimum Gasteiger partial charge on any atom is -0.469 e. The molecular formula is C18H26N4O. The fourth-order valence-electron chi connectivity index (χ4n) is 2.25. The predicted octanol–water partition coefficient (Wildman–Crippen LogP) is 2.81. The molecule has 0 bridgehead atoms. The van der Waals surface area contributed by atoms with E-state index >= 15 is 0 Å². The summed E-state index contributed by atoms with van der Waals surface area (Å²) >= 11 is 0. The van der Waals surface area contributed by atoms with Gasteiger partial charge < -0.3 is 19.2 Å². The van der Waals surface area contributed by atoms with Crippen LogP contribution in [0.2, 0.25) is 0 Å². The fraction of sp³-hybridized carbons (Fsp3) is 0.389. The molecule has 124 valence electrons. The van der Waals surface area contributed by atoms with Crippen molar-refractivity contribution in [2.75, 3.05) is 20.1 Å². The number of guanidine groups is 1. The topological polar surface area (TPSA) is 45.7 Å². The van der Waals surface area contributed by atoms with Crippen LogP contribution in [0.25, 0.3) is 0 Å². The number of furan rings is 1. The molecule has 5 nitrogen and oxygen atoms in total. The summed E-state index contributed by atoms with van der Waals surface area (Å²) in [4.78, 5) is 6.77. The molecule has 1 N–H and O–H groups in total. The standard InChI is InChI=1S/C18H26N4O/c1-15(2)13-20-18(19-10-9-17-8-6-12-23-17)22(4)14-16-7-5-11-21(16)3/h5-8,11-12H,1,9-10,13-14H2,2-4H3,(H,19,20). The maximum atomic E-state index is 5.36. The molecule has 0 aliphatic heterocycles. The first-order valence-electron chi connectivity index (χ1n) is 7.82. The predicted molar refractivity (Wildman–Crippen MR) is 94.4 cm³/mol. The van der Waals surface area contributed by atoms with E-state index in [1.54, 1.807) is 6.26 Å². The zero-order valence-electron chi connectivity index (χ0n) is 14.2. The molecule has 0 amide bonds. The summed E-state index contributed by atoms with van der Waals surface area (Å²) in [7, 11) is 4.10. The quantitative estimate of drug-likeness (QED) is 0.485. The normalized spacial score (nSPS) is 11.5. The second-order valence-corrected chi connectivity index (χ2v) is 5.82. The van der Waals surface area contributed by atoms with E-state index in [1.165, 1.54) is 5.69 Å². The molecule has 23 heavy (non-hydrogen) atoms. The average Bonchev–Trinajstić information content (AvgIpc) is 3.15. The Labute approximate surface area is 138 Å². The average molecular weight is 314 g/mol. The van der Waals surface area contributed by atoms with Gasteiger partial charge in [-0.05, 0) is 31.2 Å². The highest BCUT2D eigenvalue weighted by Crippen LogP contribution is 2.05. The fourth-order valence-corrected chi connectivity index (χ4v) is 2.25. The van der Waals surface area contributed by atoms with E-state index in [4.69, 9.17) is 4.42 Å². The minimum atomic E-state index is 0.626. The number of aliphatic imine (C=N–C) groups is 1. The molecule has 2 rings (SSSR count). The molecule has 0 saturated heterocycles. The number of hydrogen-bond donors (Lipinski definition) is 1. The third kappa shape index (κ3) is 5.36. The van der Waals surface area contributed by atoms with Crippen molar-refractivity contribution in [1.29, 1.82) is 0 Å². The molecule has 2 aromatic heterocycles. The Kier molecular flexibility index (Phi) is 6.09. The van der Waals surface area contributed by atoms with Crippen molar-refractivity contribution in [3.63, 3.8) is 0 Å². The monoisotopic (exact) mass is 314 g/mol. The number of aryl methyl sites for hydroxylation is 1. The van der Waals surface area contributed by atoms with Gasteiger partial charge in [-0.25, -0.2) is 4.99 Å². The van der Waals surface area contributed by atoms with E-state index < -0.39 is 0 Å². The van der Waals surface area contributed by atoms with Crippen LogP contribution in [-0.4, -0.2) is 35.6 Å². The van der Waals surface area contributed by atoms with Gasteiger partial charge in [-0.3, -0.25) is 0 Å². The van der Waals surface area contributed by atoms with Crippen LogP contribution in [0.4, 0.5) is 0 Å². The van der Waals surface area contributed by atoms with E-state index in [9.17, 15) is 0 Å². The lowest BCUT2D eigenvalue weighted by atomic mass is 10.3. The van der Waals surface area contributed by atoms with Gasteiger partial charge in [0, 0.05) is 39.0 Å². The second kappa shape index (κ2) is 8.27. The highest BCUT2D eigenvalue weighted by molar-refractivity contribution is 5.79. The van der Waals surface area contributed by atoms with Crippen LogP contribution in [0.5, 0.6) is 0 Å². The molecule has 0 fully saturated rings. The molecule has 0 aliphatic carbocycles. The van der Waals surface area contributed by atoms with Crippen LogP contribution in [0.1, 0.15) is 18.4 Å². The minimum absolute atomic E-state index is 0.626. The molecule has 0 aliphatic rings. The van der Waals surface area contributed by atoms with E-state index in [0.717, 1.165) is 36.8 Å². The Balaban J connectivity index is 1.96. The highest BCUT2D eigenvalue weighted by atomic mass is 16.3. The molecule has 2 heterocycles. The first-order chi connectivity index (χ1) is 11.1. The van der Waals surface area contributed by atoms with Crippen molar-refractivity contribution < 1.29 is 4.42 Å². The van der Waals surface area contributed by atoms with Crippen molar-refractivity contribution in [3.8, 4) is 0 Å². The third-order valence-electron chi connectivity index (χ3n) is 3.55. The van der Waals surface area contributed by atoms with Crippen molar-refractivity contribution >= 4 is 5.96 Å². The first-order valence-corrected chi connectivity index (χ1v) is 7.82. The number of rotatable bonds is 7. The molecule has 5 heteroatoms. The summed E-state index contributed by atoms with van der Waals surface area (Å²) in [5.74, 6) is 1.85. The Hall–Kier alpha value is -2.43. The molecule has 0 atom stereocenters. The first kappa shape index (κ1) is 16.9. The number of nitrogens with zero attached hydrogens (tertiary/aromatic N) is 3. The molecule has 0 saturated carbocycles. The molecule has 0 spiro atoms. The van der Waals surface area contributed by atoms with Crippen LogP contribution in [0.15, 0.2) is 58.3 Å². The maximum absolute atomic E-state index is 5.36. The van der Waals surface area contributed by atoms with Crippen molar-refractivity contribution in [3.05, 3.63) is 60.3 Å². The van der Waals surface area contributed by atoms with Gasteiger partial charge in [0.25, 0.3) is 0 Å². The maximum Gasteiger partial charge on any atom is 0.194 e. The number of nitrogens with one attached hydrogen (secondary N) is 1. The Morgan fingerprint density at radius 1 is 1.39 bits per heavy atom. The van der Waals surface area contributed by atoms with Gasteiger partial charge in [-0.15, -0.1) is 0 Å². The van der Waals surface area contributed by atoms with Gasteiger partial charge in [-0.1, -0.05) is 12.2 Å². The largest absolute Gasteiger partial charge is 0.469 e. The third-order valence-corrected chi connectivity index (χ3v) is 3.55. The van der Waals surface area contributed by atoms with Crippen LogP contribution >= 0.6 is 0 Å². The molecule has 0 aromatic carbocycles. The van der Waals surface area contributed by atoms with Gasteiger partial charge >= 0.3 is 0 Å². The molecule has 2 aromatic rings. The summed E-state index contributed by atoms with van der Waals surface area (Å²) in [6.45, 7) is 8.11. The van der Waals surface area contributed by atoms with E-state index in [-0.39, 0.29) is 0 Å².